The second kappa shape index (κ2) is 9.49. The van der Waals surface area contributed by atoms with E-state index in [0.717, 1.165) is 11.8 Å². The van der Waals surface area contributed by atoms with E-state index < -0.39 is 15.4 Å². The van der Waals surface area contributed by atoms with Gasteiger partial charge in [-0.2, -0.15) is 9.78 Å². The summed E-state index contributed by atoms with van der Waals surface area (Å²) < 4.78 is 30.6. The van der Waals surface area contributed by atoms with Gasteiger partial charge in [0.05, 0.1) is 23.4 Å². The van der Waals surface area contributed by atoms with Gasteiger partial charge in [0.25, 0.3) is 0 Å². The monoisotopic (exact) mass is 458 g/mol. The molecule has 3 aromatic rings. The molecule has 0 saturated heterocycles. The zero-order chi connectivity index (χ0) is 22.6. The van der Waals surface area contributed by atoms with Crippen molar-refractivity contribution in [2.24, 2.45) is 0 Å². The lowest BCUT2D eigenvalue weighted by Crippen LogP contribution is -2.24. The first kappa shape index (κ1) is 22.8. The third kappa shape index (κ3) is 5.62. The van der Waals surface area contributed by atoms with Crippen molar-refractivity contribution in [3.63, 3.8) is 0 Å². The minimum Gasteiger partial charge on any atom is -0.487 e. The van der Waals surface area contributed by atoms with E-state index >= 15 is 0 Å². The van der Waals surface area contributed by atoms with Gasteiger partial charge >= 0.3 is 5.56 Å². The largest absolute Gasteiger partial charge is 0.487 e. The average molecular weight is 459 g/mol. The lowest BCUT2D eigenvalue weighted by atomic mass is 10.1. The lowest BCUT2D eigenvalue weighted by Gasteiger charge is -2.13. The molecule has 0 unspecified atom stereocenters. The molecule has 0 aliphatic rings. The first-order chi connectivity index (χ1) is 14.7. The maximum atomic E-state index is 13.3. The van der Waals surface area contributed by atoms with Gasteiger partial charge < -0.3 is 4.74 Å². The van der Waals surface area contributed by atoms with Crippen LogP contribution in [0.25, 0.3) is 16.8 Å². The number of aromatic nitrogens is 2. The molecule has 2 aromatic carbocycles. The van der Waals surface area contributed by atoms with Crippen LogP contribution >= 0.6 is 11.6 Å². The fourth-order valence-electron chi connectivity index (χ4n) is 2.97. The first-order valence-corrected chi connectivity index (χ1v) is 11.9. The minimum atomic E-state index is -3.32. The van der Waals surface area contributed by atoms with Gasteiger partial charge in [-0.25, -0.2) is 8.42 Å². The highest BCUT2D eigenvalue weighted by molar-refractivity contribution is 7.90. The van der Waals surface area contributed by atoms with Crippen molar-refractivity contribution in [1.29, 1.82) is 0 Å². The zero-order valence-corrected chi connectivity index (χ0v) is 19.1. The smallest absolute Gasteiger partial charge is 0.314 e. The summed E-state index contributed by atoms with van der Waals surface area (Å²) >= 11 is 6.07. The zero-order valence-electron chi connectivity index (χ0n) is 17.5. The fraction of sp³-hybridized carbons (Fsp3) is 0.217. The molecule has 0 atom stereocenters. The molecule has 0 amide bonds. The summed E-state index contributed by atoms with van der Waals surface area (Å²) in [6.45, 7) is 4.30. The number of halogens is 1. The van der Waals surface area contributed by atoms with Gasteiger partial charge in [-0.3, -0.25) is 4.79 Å². The van der Waals surface area contributed by atoms with Gasteiger partial charge in [-0.1, -0.05) is 41.4 Å². The summed E-state index contributed by atoms with van der Waals surface area (Å²) in [7, 11) is -3.32. The van der Waals surface area contributed by atoms with Crippen molar-refractivity contribution in [2.75, 3.05) is 12.9 Å². The maximum absolute atomic E-state index is 13.3. The van der Waals surface area contributed by atoms with Gasteiger partial charge in [0, 0.05) is 16.8 Å². The third-order valence-corrected chi connectivity index (χ3v) is 5.86. The van der Waals surface area contributed by atoms with Gasteiger partial charge in [-0.15, -0.1) is 0 Å². The van der Waals surface area contributed by atoms with Crippen LogP contribution in [0.4, 0.5) is 0 Å². The van der Waals surface area contributed by atoms with Crippen LogP contribution in [0.3, 0.4) is 0 Å². The molecule has 0 bridgehead atoms. The van der Waals surface area contributed by atoms with Crippen LogP contribution in [0, 0.1) is 0 Å². The van der Waals surface area contributed by atoms with Crippen LogP contribution in [0.2, 0.25) is 5.02 Å². The van der Waals surface area contributed by atoms with Crippen molar-refractivity contribution in [3.8, 4) is 22.6 Å². The molecular formula is C23H23ClN2O4S. The standard InChI is InChI=1S/C23H23ClN2O4S/c1-16(2)6-5-13-30-22-21(17-9-11-20(12-10-17)31(3,28)29)15-25-26(23(22)27)19-8-4-7-18(24)14-19/h4,6-12,14-15H,5,13H2,1-3H3. The van der Waals surface area contributed by atoms with Crippen LogP contribution < -0.4 is 10.3 Å². The number of benzene rings is 2. The molecule has 0 spiro atoms. The van der Waals surface area contributed by atoms with E-state index in [4.69, 9.17) is 16.3 Å². The molecule has 0 saturated carbocycles. The summed E-state index contributed by atoms with van der Waals surface area (Å²) in [6, 6.07) is 13.1. The van der Waals surface area contributed by atoms with Crippen molar-refractivity contribution in [1.82, 2.24) is 9.78 Å². The van der Waals surface area contributed by atoms with E-state index in [1.54, 1.807) is 36.4 Å². The lowest BCUT2D eigenvalue weighted by molar-refractivity contribution is 0.318. The van der Waals surface area contributed by atoms with Crippen molar-refractivity contribution < 1.29 is 13.2 Å². The topological polar surface area (TPSA) is 78.3 Å². The predicted molar refractivity (Wildman–Crippen MR) is 123 cm³/mol. The number of sulfone groups is 1. The molecule has 0 N–H and O–H groups in total. The Kier molecular flexibility index (Phi) is 6.97. The molecule has 0 aliphatic heterocycles. The third-order valence-electron chi connectivity index (χ3n) is 4.50. The highest BCUT2D eigenvalue weighted by Gasteiger charge is 2.17. The Balaban J connectivity index is 2.08. The van der Waals surface area contributed by atoms with E-state index in [2.05, 4.69) is 5.10 Å². The molecule has 0 aliphatic carbocycles. The Labute approximate surface area is 186 Å². The SMILES string of the molecule is CC(C)=CCCOc1c(-c2ccc(S(C)(=O)=O)cc2)cnn(-c2cccc(Cl)c2)c1=O. The van der Waals surface area contributed by atoms with Crippen LogP contribution in [0.5, 0.6) is 5.75 Å². The Morgan fingerprint density at radius 2 is 1.87 bits per heavy atom. The second-order valence-corrected chi connectivity index (χ2v) is 9.75. The van der Waals surface area contributed by atoms with Gasteiger partial charge in [-0.05, 0) is 56.2 Å². The van der Waals surface area contributed by atoms with E-state index in [0.29, 0.717) is 34.9 Å². The number of ether oxygens (including phenoxy) is 1. The molecule has 162 valence electrons. The number of hydrogen-bond acceptors (Lipinski definition) is 5. The molecule has 3 rings (SSSR count). The highest BCUT2D eigenvalue weighted by atomic mass is 35.5. The van der Waals surface area contributed by atoms with Gasteiger partial charge in [0.15, 0.2) is 15.6 Å². The highest BCUT2D eigenvalue weighted by Crippen LogP contribution is 2.28. The second-order valence-electron chi connectivity index (χ2n) is 7.30. The normalized spacial score (nSPS) is 11.2. The molecule has 0 fully saturated rings. The molecule has 6 nitrogen and oxygen atoms in total. The number of allylic oxidation sites excluding steroid dienone is 1. The summed E-state index contributed by atoms with van der Waals surface area (Å²) in [5.74, 6) is 0.143. The molecule has 0 radical (unpaired) electrons. The van der Waals surface area contributed by atoms with Crippen molar-refractivity contribution >= 4 is 21.4 Å². The first-order valence-electron chi connectivity index (χ1n) is 9.62. The predicted octanol–water partition coefficient (Wildman–Crippen LogP) is 4.69. The summed E-state index contributed by atoms with van der Waals surface area (Å²) in [5, 5.41) is 4.77. The van der Waals surface area contributed by atoms with Crippen molar-refractivity contribution in [2.45, 2.75) is 25.2 Å². The van der Waals surface area contributed by atoms with Crippen LogP contribution in [-0.4, -0.2) is 31.1 Å². The number of nitrogens with zero attached hydrogens (tertiary/aromatic N) is 2. The van der Waals surface area contributed by atoms with Gasteiger partial charge in [0.2, 0.25) is 0 Å². The quantitative estimate of drug-likeness (QED) is 0.379. The molecule has 31 heavy (non-hydrogen) atoms. The Hall–Kier alpha value is -2.90. The Morgan fingerprint density at radius 1 is 1.16 bits per heavy atom. The maximum Gasteiger partial charge on any atom is 0.314 e. The fourth-order valence-corrected chi connectivity index (χ4v) is 3.78. The van der Waals surface area contributed by atoms with Crippen LogP contribution in [0.15, 0.2) is 76.1 Å². The molecule has 1 heterocycles. The van der Waals surface area contributed by atoms with E-state index in [1.165, 1.54) is 23.0 Å². The van der Waals surface area contributed by atoms with Crippen LogP contribution in [-0.2, 0) is 9.84 Å². The number of rotatable bonds is 7. The summed E-state index contributed by atoms with van der Waals surface area (Å²) in [6.07, 6.45) is 5.35. The van der Waals surface area contributed by atoms with E-state index in [9.17, 15) is 13.2 Å². The van der Waals surface area contributed by atoms with E-state index in [-0.39, 0.29) is 10.6 Å². The summed E-state index contributed by atoms with van der Waals surface area (Å²) in [4.78, 5) is 13.4. The molecular weight excluding hydrogens is 436 g/mol. The molecule has 8 heteroatoms. The number of hydrogen-bond donors (Lipinski definition) is 0. The Bertz CT molecular complexity index is 1280. The van der Waals surface area contributed by atoms with Crippen molar-refractivity contribution in [3.05, 3.63) is 81.8 Å². The van der Waals surface area contributed by atoms with Crippen LogP contribution in [0.1, 0.15) is 20.3 Å². The molecule has 1 aromatic heterocycles. The average Bonchev–Trinajstić information content (AvgIpc) is 2.71. The minimum absolute atomic E-state index is 0.143. The Morgan fingerprint density at radius 3 is 2.48 bits per heavy atom. The van der Waals surface area contributed by atoms with Gasteiger partial charge in [0.1, 0.15) is 0 Å². The summed E-state index contributed by atoms with van der Waals surface area (Å²) in [5.41, 5.74) is 2.37. The van der Waals surface area contributed by atoms with E-state index in [1.807, 2.05) is 19.9 Å².